The largest absolute Gasteiger partial charge is 0.471 e. The highest BCUT2D eigenvalue weighted by atomic mass is 35.5. The van der Waals surface area contributed by atoms with Gasteiger partial charge in [0.25, 0.3) is 0 Å². The normalized spacial score (nSPS) is 12.8. The molecule has 0 atom stereocenters. The molecule has 0 saturated carbocycles. The maximum Gasteiger partial charge on any atom is 0.220 e. The molecule has 0 unspecified atom stereocenters. The summed E-state index contributed by atoms with van der Waals surface area (Å²) in [6.45, 7) is 0.168. The molecule has 0 fully saturated rings. The lowest BCUT2D eigenvalue weighted by atomic mass is 9.89. The van der Waals surface area contributed by atoms with Crippen molar-refractivity contribution in [3.05, 3.63) is 71.4 Å². The summed E-state index contributed by atoms with van der Waals surface area (Å²) in [7, 11) is 0. The van der Waals surface area contributed by atoms with Crippen LogP contribution in [-0.2, 0) is 19.4 Å². The van der Waals surface area contributed by atoms with Crippen molar-refractivity contribution in [1.29, 1.82) is 0 Å². The molecule has 140 valence electrons. The van der Waals surface area contributed by atoms with Crippen LogP contribution in [0.25, 0.3) is 11.1 Å². The second-order valence-corrected chi connectivity index (χ2v) is 6.24. The Kier molecular flexibility index (Phi) is 5.96. The molecule has 3 aromatic heterocycles. The summed E-state index contributed by atoms with van der Waals surface area (Å²) in [5, 5.41) is 0. The number of hydrogen-bond donors (Lipinski definition) is 0. The summed E-state index contributed by atoms with van der Waals surface area (Å²) in [5.74, 6) is -0.484. The number of ether oxygens (including phenoxy) is 1. The highest BCUT2D eigenvalue weighted by molar-refractivity contribution is 5.85. The molecule has 7 heteroatoms. The van der Waals surface area contributed by atoms with E-state index in [1.54, 1.807) is 24.3 Å². The first kappa shape index (κ1) is 19.2. The van der Waals surface area contributed by atoms with E-state index < -0.39 is 11.8 Å². The Morgan fingerprint density at radius 3 is 2.63 bits per heavy atom. The molecule has 3 aromatic rings. The van der Waals surface area contributed by atoms with Gasteiger partial charge in [-0.1, -0.05) is 0 Å². The number of aryl methyl sites for hydroxylation is 1. The maximum absolute atomic E-state index is 14.2. The summed E-state index contributed by atoms with van der Waals surface area (Å²) in [6, 6.07) is 8.10. The smallest absolute Gasteiger partial charge is 0.220 e. The van der Waals surface area contributed by atoms with Crippen LogP contribution in [-0.4, -0.2) is 15.0 Å². The van der Waals surface area contributed by atoms with Crippen LogP contribution in [0.4, 0.5) is 8.78 Å². The topological polar surface area (TPSA) is 47.9 Å². The lowest BCUT2D eigenvalue weighted by Crippen LogP contribution is -2.10. The standard InChI is InChI=1S/C20H17F2N3O.ClH/c21-13-7-8-14(24-11-13)12-26-19-10-17(16-5-3-9-23-20(16)22)15-4-1-2-6-18(15)25-19;/h3,5,7-11H,1-2,4,6,12H2;1H. The summed E-state index contributed by atoms with van der Waals surface area (Å²) < 4.78 is 33.0. The Morgan fingerprint density at radius 1 is 1.00 bits per heavy atom. The predicted molar refractivity (Wildman–Crippen MR) is 99.8 cm³/mol. The molecule has 0 spiro atoms. The zero-order chi connectivity index (χ0) is 17.9. The molecular weight excluding hydrogens is 372 g/mol. The average molecular weight is 390 g/mol. The SMILES string of the molecule is Cl.Fc1ccc(COc2cc(-c3cccnc3F)c3c(n2)CCCC3)nc1. The number of pyridine rings is 3. The Bertz CT molecular complexity index is 935. The van der Waals surface area contributed by atoms with Crippen LogP contribution < -0.4 is 4.74 Å². The minimum absolute atomic E-state index is 0. The molecule has 0 aliphatic heterocycles. The molecule has 0 aromatic carbocycles. The molecule has 4 rings (SSSR count). The Hall–Kier alpha value is -2.60. The summed E-state index contributed by atoms with van der Waals surface area (Å²) in [5.41, 5.74) is 3.84. The van der Waals surface area contributed by atoms with Crippen molar-refractivity contribution in [1.82, 2.24) is 15.0 Å². The highest BCUT2D eigenvalue weighted by Crippen LogP contribution is 2.34. The van der Waals surface area contributed by atoms with E-state index in [4.69, 9.17) is 4.74 Å². The summed E-state index contributed by atoms with van der Waals surface area (Å²) in [4.78, 5) is 12.3. The predicted octanol–water partition coefficient (Wildman–Crippen LogP) is 4.70. The fraction of sp³-hybridized carbons (Fsp3) is 0.250. The van der Waals surface area contributed by atoms with Gasteiger partial charge in [-0.05, 0) is 61.1 Å². The second-order valence-electron chi connectivity index (χ2n) is 6.24. The number of aromatic nitrogens is 3. The molecule has 0 bridgehead atoms. The first-order valence-corrected chi connectivity index (χ1v) is 8.57. The quantitative estimate of drug-likeness (QED) is 0.607. The van der Waals surface area contributed by atoms with Crippen LogP contribution in [0.3, 0.4) is 0 Å². The molecule has 0 N–H and O–H groups in total. The van der Waals surface area contributed by atoms with E-state index in [1.165, 1.54) is 12.3 Å². The number of hydrogen-bond acceptors (Lipinski definition) is 4. The number of halogens is 3. The monoisotopic (exact) mass is 389 g/mol. The maximum atomic E-state index is 14.2. The van der Waals surface area contributed by atoms with Gasteiger partial charge in [0.1, 0.15) is 12.4 Å². The Balaban J connectivity index is 0.00000210. The van der Waals surface area contributed by atoms with E-state index in [0.717, 1.165) is 48.7 Å². The first-order chi connectivity index (χ1) is 12.7. The van der Waals surface area contributed by atoms with E-state index >= 15 is 0 Å². The van der Waals surface area contributed by atoms with Gasteiger partial charge < -0.3 is 4.74 Å². The van der Waals surface area contributed by atoms with Gasteiger partial charge in [-0.25, -0.2) is 14.4 Å². The molecule has 1 aliphatic carbocycles. The minimum atomic E-state index is -0.502. The van der Waals surface area contributed by atoms with E-state index in [-0.39, 0.29) is 19.0 Å². The van der Waals surface area contributed by atoms with Gasteiger partial charge in [0, 0.05) is 23.5 Å². The summed E-state index contributed by atoms with van der Waals surface area (Å²) >= 11 is 0. The fourth-order valence-corrected chi connectivity index (χ4v) is 3.22. The average Bonchev–Trinajstić information content (AvgIpc) is 2.67. The van der Waals surface area contributed by atoms with Crippen LogP contribution in [0.1, 0.15) is 29.8 Å². The first-order valence-electron chi connectivity index (χ1n) is 8.57. The third kappa shape index (κ3) is 4.22. The summed E-state index contributed by atoms with van der Waals surface area (Å²) in [6.07, 6.45) is 6.41. The third-order valence-electron chi connectivity index (χ3n) is 4.48. The van der Waals surface area contributed by atoms with E-state index in [9.17, 15) is 8.78 Å². The molecule has 0 amide bonds. The number of nitrogens with zero attached hydrogens (tertiary/aromatic N) is 3. The van der Waals surface area contributed by atoms with Crippen molar-refractivity contribution in [2.24, 2.45) is 0 Å². The van der Waals surface area contributed by atoms with Gasteiger partial charge in [-0.3, -0.25) is 4.98 Å². The van der Waals surface area contributed by atoms with E-state index in [2.05, 4.69) is 15.0 Å². The van der Waals surface area contributed by atoms with Crippen molar-refractivity contribution in [3.8, 4) is 17.0 Å². The van der Waals surface area contributed by atoms with E-state index in [1.807, 2.05) is 0 Å². The lowest BCUT2D eigenvalue weighted by Gasteiger charge is -2.20. The zero-order valence-electron chi connectivity index (χ0n) is 14.5. The van der Waals surface area contributed by atoms with Crippen molar-refractivity contribution >= 4 is 12.4 Å². The van der Waals surface area contributed by atoms with Crippen LogP contribution >= 0.6 is 12.4 Å². The van der Waals surface area contributed by atoms with Gasteiger partial charge in [0.05, 0.1) is 11.9 Å². The second kappa shape index (κ2) is 8.39. The van der Waals surface area contributed by atoms with Gasteiger partial charge in [-0.15, -0.1) is 12.4 Å². The van der Waals surface area contributed by atoms with Crippen LogP contribution in [0.2, 0.25) is 0 Å². The van der Waals surface area contributed by atoms with Gasteiger partial charge in [-0.2, -0.15) is 4.39 Å². The highest BCUT2D eigenvalue weighted by Gasteiger charge is 2.20. The number of rotatable bonds is 4. The van der Waals surface area contributed by atoms with Crippen LogP contribution in [0, 0.1) is 11.8 Å². The molecule has 0 saturated heterocycles. The third-order valence-corrected chi connectivity index (χ3v) is 4.48. The molecule has 0 radical (unpaired) electrons. The fourth-order valence-electron chi connectivity index (χ4n) is 3.22. The van der Waals surface area contributed by atoms with Crippen LogP contribution in [0.5, 0.6) is 5.88 Å². The van der Waals surface area contributed by atoms with Gasteiger partial charge >= 0.3 is 0 Å². The Labute approximate surface area is 162 Å². The Morgan fingerprint density at radius 2 is 1.85 bits per heavy atom. The number of fused-ring (bicyclic) bond motifs is 1. The lowest BCUT2D eigenvalue weighted by molar-refractivity contribution is 0.287. The molecular formula is C20H18ClF2N3O. The zero-order valence-corrected chi connectivity index (χ0v) is 15.3. The molecule has 27 heavy (non-hydrogen) atoms. The van der Waals surface area contributed by atoms with Crippen molar-refractivity contribution in [2.75, 3.05) is 0 Å². The minimum Gasteiger partial charge on any atom is -0.471 e. The van der Waals surface area contributed by atoms with Gasteiger partial charge in [0.15, 0.2) is 0 Å². The van der Waals surface area contributed by atoms with Crippen molar-refractivity contribution in [2.45, 2.75) is 32.3 Å². The van der Waals surface area contributed by atoms with Crippen molar-refractivity contribution < 1.29 is 13.5 Å². The molecule has 3 heterocycles. The molecule has 4 nitrogen and oxygen atoms in total. The molecule has 1 aliphatic rings. The van der Waals surface area contributed by atoms with Crippen LogP contribution in [0.15, 0.2) is 42.7 Å². The van der Waals surface area contributed by atoms with Crippen molar-refractivity contribution in [3.63, 3.8) is 0 Å². The van der Waals surface area contributed by atoms with Gasteiger partial charge in [0.2, 0.25) is 11.8 Å². The van der Waals surface area contributed by atoms with E-state index in [0.29, 0.717) is 17.1 Å².